The number of allylic oxidation sites excluding steroid dienone is 1. The van der Waals surface area contributed by atoms with Gasteiger partial charge in [0.2, 0.25) is 16.9 Å². The molecular weight excluding hydrogens is 492 g/mol. The summed E-state index contributed by atoms with van der Waals surface area (Å²) in [6, 6.07) is 10.1. The number of carbonyl (C=O) groups is 2. The number of anilines is 1. The first-order chi connectivity index (χ1) is 17.6. The maximum Gasteiger partial charge on any atom is 0.229 e. The van der Waals surface area contributed by atoms with E-state index in [4.69, 9.17) is 9.72 Å². The second-order valence-electron chi connectivity index (χ2n) is 9.07. The maximum atomic E-state index is 12.0. The van der Waals surface area contributed by atoms with Crippen LogP contribution in [0, 0.1) is 5.92 Å². The van der Waals surface area contributed by atoms with Gasteiger partial charge in [-0.3, -0.25) is 14.6 Å². The van der Waals surface area contributed by atoms with Crippen molar-refractivity contribution in [2.24, 2.45) is 5.92 Å². The molecular formula is C27H28N4O3S2. The lowest BCUT2D eigenvalue weighted by molar-refractivity contribution is -0.119. The molecule has 0 aliphatic carbocycles. The Bertz CT molecular complexity index is 1270. The minimum atomic E-state index is -0.154. The molecule has 2 aliphatic heterocycles. The van der Waals surface area contributed by atoms with Crippen molar-refractivity contribution in [2.45, 2.75) is 38.5 Å². The first-order valence-electron chi connectivity index (χ1n) is 12.2. The van der Waals surface area contributed by atoms with Gasteiger partial charge in [-0.05, 0) is 79.4 Å². The highest BCUT2D eigenvalue weighted by atomic mass is 32.2. The SMILES string of the molecule is COc1cc(/C=C2\SC(=O)CC2=O)nc(N2CCC(CCCc3cccc(-c4ccsc4)n3)CC2)n1. The first-order valence-corrected chi connectivity index (χ1v) is 14.0. The number of nitrogens with zero attached hydrogens (tertiary/aromatic N) is 4. The average molecular weight is 521 g/mol. The summed E-state index contributed by atoms with van der Waals surface area (Å²) in [4.78, 5) is 40.2. The van der Waals surface area contributed by atoms with Crippen LogP contribution in [-0.2, 0) is 16.0 Å². The van der Waals surface area contributed by atoms with Gasteiger partial charge in [0, 0.05) is 35.8 Å². The number of hydrogen-bond donors (Lipinski definition) is 0. The van der Waals surface area contributed by atoms with Gasteiger partial charge in [0.15, 0.2) is 5.78 Å². The van der Waals surface area contributed by atoms with Gasteiger partial charge in [-0.2, -0.15) is 16.3 Å². The molecule has 0 atom stereocenters. The lowest BCUT2D eigenvalue weighted by atomic mass is 9.91. The zero-order valence-corrected chi connectivity index (χ0v) is 21.8. The molecule has 5 rings (SSSR count). The van der Waals surface area contributed by atoms with Crippen LogP contribution in [0.2, 0.25) is 0 Å². The van der Waals surface area contributed by atoms with Gasteiger partial charge in [-0.15, -0.1) is 0 Å². The quantitative estimate of drug-likeness (QED) is 0.287. The molecule has 0 spiro atoms. The van der Waals surface area contributed by atoms with Crippen LogP contribution in [0.25, 0.3) is 17.3 Å². The van der Waals surface area contributed by atoms with Gasteiger partial charge >= 0.3 is 0 Å². The van der Waals surface area contributed by atoms with Gasteiger partial charge in [-0.1, -0.05) is 6.07 Å². The third-order valence-electron chi connectivity index (χ3n) is 6.57. The van der Waals surface area contributed by atoms with E-state index < -0.39 is 0 Å². The smallest absolute Gasteiger partial charge is 0.229 e. The van der Waals surface area contributed by atoms with Crippen LogP contribution in [0.1, 0.15) is 43.5 Å². The van der Waals surface area contributed by atoms with Crippen molar-refractivity contribution < 1.29 is 14.3 Å². The van der Waals surface area contributed by atoms with E-state index in [0.717, 1.165) is 61.9 Å². The number of hydrogen-bond acceptors (Lipinski definition) is 9. The van der Waals surface area contributed by atoms with Crippen LogP contribution in [0.5, 0.6) is 5.88 Å². The minimum absolute atomic E-state index is 0.0465. The van der Waals surface area contributed by atoms with Crippen molar-refractivity contribution in [3.05, 3.63) is 57.4 Å². The summed E-state index contributed by atoms with van der Waals surface area (Å²) in [5, 5.41) is 4.10. The number of methoxy groups -OCH3 is 1. The molecule has 2 aliphatic rings. The summed E-state index contributed by atoms with van der Waals surface area (Å²) in [6.45, 7) is 1.76. The predicted molar refractivity (Wildman–Crippen MR) is 144 cm³/mol. The number of piperidine rings is 1. The molecule has 2 saturated heterocycles. The highest BCUT2D eigenvalue weighted by Gasteiger charge is 2.27. The normalized spacial score (nSPS) is 17.8. The van der Waals surface area contributed by atoms with Gasteiger partial charge in [-0.25, -0.2) is 4.98 Å². The third-order valence-corrected chi connectivity index (χ3v) is 8.19. The van der Waals surface area contributed by atoms with Crippen molar-refractivity contribution in [1.29, 1.82) is 0 Å². The lowest BCUT2D eigenvalue weighted by Gasteiger charge is -2.32. The van der Waals surface area contributed by atoms with E-state index in [1.807, 2.05) is 0 Å². The number of carbonyl (C=O) groups excluding carboxylic acids is 2. The van der Waals surface area contributed by atoms with E-state index >= 15 is 0 Å². The number of Topliss-reactive ketones (excluding diaryl/α,β-unsaturated/α-hetero) is 1. The molecule has 0 saturated carbocycles. The lowest BCUT2D eigenvalue weighted by Crippen LogP contribution is -2.35. The molecule has 0 N–H and O–H groups in total. The highest BCUT2D eigenvalue weighted by molar-refractivity contribution is 8.18. The van der Waals surface area contributed by atoms with Crippen LogP contribution in [0.15, 0.2) is 46.0 Å². The summed E-state index contributed by atoms with van der Waals surface area (Å²) < 4.78 is 5.38. The monoisotopic (exact) mass is 520 g/mol. The molecule has 3 aromatic heterocycles. The predicted octanol–water partition coefficient (Wildman–Crippen LogP) is 5.42. The summed E-state index contributed by atoms with van der Waals surface area (Å²) >= 11 is 2.68. The summed E-state index contributed by atoms with van der Waals surface area (Å²) in [5.74, 6) is 1.58. The second-order valence-corrected chi connectivity index (χ2v) is 10.9. The van der Waals surface area contributed by atoms with E-state index in [9.17, 15) is 9.59 Å². The Morgan fingerprint density at radius 3 is 2.72 bits per heavy atom. The van der Waals surface area contributed by atoms with Gasteiger partial charge < -0.3 is 9.64 Å². The fraction of sp³-hybridized carbons (Fsp3) is 0.370. The molecule has 7 nitrogen and oxygen atoms in total. The number of aromatic nitrogens is 3. The molecule has 0 radical (unpaired) electrons. The highest BCUT2D eigenvalue weighted by Crippen LogP contribution is 2.32. The topological polar surface area (TPSA) is 85.3 Å². The molecule has 9 heteroatoms. The fourth-order valence-corrected chi connectivity index (χ4v) is 6.08. The molecule has 0 bridgehead atoms. The summed E-state index contributed by atoms with van der Waals surface area (Å²) in [6.07, 6.45) is 7.10. The van der Waals surface area contributed by atoms with E-state index in [1.165, 1.54) is 12.0 Å². The Morgan fingerprint density at radius 1 is 1.14 bits per heavy atom. The van der Waals surface area contributed by atoms with Crippen molar-refractivity contribution >= 4 is 46.0 Å². The van der Waals surface area contributed by atoms with Gasteiger partial charge in [0.25, 0.3) is 0 Å². The Hall–Kier alpha value is -3.04. The van der Waals surface area contributed by atoms with Crippen molar-refractivity contribution in [1.82, 2.24) is 15.0 Å². The zero-order chi connectivity index (χ0) is 24.9. The van der Waals surface area contributed by atoms with Gasteiger partial charge in [0.1, 0.15) is 0 Å². The fourth-order valence-electron chi connectivity index (χ4n) is 4.61. The van der Waals surface area contributed by atoms with E-state index in [2.05, 4.69) is 49.9 Å². The van der Waals surface area contributed by atoms with Crippen LogP contribution in [0.4, 0.5) is 5.95 Å². The zero-order valence-electron chi connectivity index (χ0n) is 20.2. The van der Waals surface area contributed by atoms with Crippen LogP contribution in [-0.4, -0.2) is 46.0 Å². The Kier molecular flexibility index (Phi) is 7.77. The largest absolute Gasteiger partial charge is 0.481 e. The van der Waals surface area contributed by atoms with Crippen molar-refractivity contribution in [2.75, 3.05) is 25.1 Å². The second kappa shape index (κ2) is 11.3. The van der Waals surface area contributed by atoms with Crippen molar-refractivity contribution in [3.8, 4) is 17.1 Å². The maximum absolute atomic E-state index is 12.0. The molecule has 0 unspecified atom stereocenters. The number of thioether (sulfide) groups is 1. The number of pyridine rings is 1. The van der Waals surface area contributed by atoms with E-state index in [0.29, 0.717) is 28.3 Å². The number of thiophene rings is 1. The average Bonchev–Trinajstić information content (AvgIpc) is 3.54. The molecule has 0 aromatic carbocycles. The minimum Gasteiger partial charge on any atom is -0.481 e. The standard InChI is InChI=1S/C27H28N4O3S2/c1-34-25-15-21(14-24-23(32)16-26(33)36-24)29-27(30-25)31-11-8-18(9-12-31)4-2-5-20-6-3-7-22(28-20)19-10-13-35-17-19/h3,6-7,10,13-15,17-18H,2,4-5,8-9,11-12,16H2,1H3/b24-14-. The Morgan fingerprint density at radius 2 is 2.00 bits per heavy atom. The molecule has 2 fully saturated rings. The number of rotatable bonds is 8. The number of ketones is 1. The molecule has 3 aromatic rings. The van der Waals surface area contributed by atoms with E-state index in [1.54, 1.807) is 30.6 Å². The van der Waals surface area contributed by atoms with E-state index in [-0.39, 0.29) is 17.3 Å². The molecule has 0 amide bonds. The third kappa shape index (κ3) is 6.02. The number of aryl methyl sites for hydroxylation is 1. The molecule has 36 heavy (non-hydrogen) atoms. The van der Waals surface area contributed by atoms with Crippen LogP contribution >= 0.6 is 23.1 Å². The molecule has 5 heterocycles. The number of ether oxygens (including phenoxy) is 1. The summed E-state index contributed by atoms with van der Waals surface area (Å²) in [5.41, 5.74) is 3.98. The van der Waals surface area contributed by atoms with Crippen LogP contribution in [0.3, 0.4) is 0 Å². The van der Waals surface area contributed by atoms with Crippen LogP contribution < -0.4 is 9.64 Å². The van der Waals surface area contributed by atoms with Gasteiger partial charge in [0.05, 0.1) is 29.8 Å². The Labute approximate surface area is 219 Å². The van der Waals surface area contributed by atoms with Crippen molar-refractivity contribution in [3.63, 3.8) is 0 Å². The summed E-state index contributed by atoms with van der Waals surface area (Å²) in [7, 11) is 1.57. The molecule has 186 valence electrons. The Balaban J connectivity index is 1.16. The first kappa shape index (κ1) is 24.6.